The number of carbonyl (C=O) groups excluding carboxylic acids is 1. The summed E-state index contributed by atoms with van der Waals surface area (Å²) in [6.07, 6.45) is -0.535. The van der Waals surface area contributed by atoms with Gasteiger partial charge in [0.05, 0.1) is 27.6 Å². The van der Waals surface area contributed by atoms with Gasteiger partial charge in [-0.1, -0.05) is 12.1 Å². The number of nitrogens with one attached hydrogen (secondary N) is 1. The van der Waals surface area contributed by atoms with Gasteiger partial charge >= 0.3 is 7.60 Å². The summed E-state index contributed by atoms with van der Waals surface area (Å²) in [5, 5.41) is 24.4. The molecule has 0 aliphatic rings. The zero-order valence-corrected chi connectivity index (χ0v) is 14.5. The van der Waals surface area contributed by atoms with Crippen LogP contribution in [0.3, 0.4) is 0 Å². The summed E-state index contributed by atoms with van der Waals surface area (Å²) in [4.78, 5) is 50.1. The molecule has 141 valence electrons. The van der Waals surface area contributed by atoms with Crippen molar-refractivity contribution < 1.29 is 29.0 Å². The van der Waals surface area contributed by atoms with E-state index in [1.54, 1.807) is 0 Å². The predicted octanol–water partition coefficient (Wildman–Crippen LogP) is 1.88. The number of nitrogens with zero attached hydrogens (tertiary/aromatic N) is 2. The molecule has 0 fully saturated rings. The Morgan fingerprint density at radius 2 is 1.85 bits per heavy atom. The van der Waals surface area contributed by atoms with Crippen molar-refractivity contribution in [3.05, 3.63) is 68.3 Å². The van der Waals surface area contributed by atoms with Crippen molar-refractivity contribution in [3.63, 3.8) is 0 Å². The molecule has 2 rings (SSSR count). The van der Waals surface area contributed by atoms with Gasteiger partial charge in [0.15, 0.2) is 0 Å². The van der Waals surface area contributed by atoms with E-state index < -0.39 is 40.9 Å². The van der Waals surface area contributed by atoms with Gasteiger partial charge < -0.3 is 15.1 Å². The molecule has 0 aliphatic heterocycles. The van der Waals surface area contributed by atoms with E-state index in [-0.39, 0.29) is 23.2 Å². The largest absolute Gasteiger partial charge is 0.351 e. The number of hydrogen-bond acceptors (Lipinski definition) is 6. The highest BCUT2D eigenvalue weighted by atomic mass is 31.2. The van der Waals surface area contributed by atoms with Crippen molar-refractivity contribution >= 4 is 24.9 Å². The van der Waals surface area contributed by atoms with E-state index in [2.05, 4.69) is 11.4 Å². The van der Waals surface area contributed by atoms with Gasteiger partial charge in [0, 0.05) is 18.2 Å². The van der Waals surface area contributed by atoms with Crippen molar-refractivity contribution in [3.8, 4) is 11.1 Å². The van der Waals surface area contributed by atoms with Gasteiger partial charge in [0.25, 0.3) is 17.3 Å². The second kappa shape index (κ2) is 8.04. The fraction of sp³-hybridized carbons (Fsp3) is 0.133. The Kier molecular flexibility index (Phi) is 6.01. The van der Waals surface area contributed by atoms with Crippen LogP contribution >= 0.6 is 7.60 Å². The zero-order chi connectivity index (χ0) is 20.2. The summed E-state index contributed by atoms with van der Waals surface area (Å²) in [6, 6.07) is 9.85. The normalized spacial score (nSPS) is 11.0. The minimum absolute atomic E-state index is 0.00846. The van der Waals surface area contributed by atoms with Crippen molar-refractivity contribution in [2.75, 3.05) is 12.7 Å². The number of carbonyl (C=O) groups is 1. The van der Waals surface area contributed by atoms with E-state index in [4.69, 9.17) is 9.79 Å². The van der Waals surface area contributed by atoms with E-state index in [9.17, 15) is 29.6 Å². The van der Waals surface area contributed by atoms with Crippen LogP contribution in [-0.4, -0.2) is 38.2 Å². The Morgan fingerprint density at radius 1 is 1.15 bits per heavy atom. The van der Waals surface area contributed by atoms with Crippen LogP contribution in [0.2, 0.25) is 0 Å². The molecule has 27 heavy (non-hydrogen) atoms. The average molecular weight is 394 g/mol. The number of non-ortho nitro benzene ring substituents is 1. The highest BCUT2D eigenvalue weighted by Gasteiger charge is 2.21. The van der Waals surface area contributed by atoms with Crippen molar-refractivity contribution in [2.45, 2.75) is 0 Å². The number of rotatable bonds is 7. The smallest absolute Gasteiger partial charge is 0.327 e. The van der Waals surface area contributed by atoms with Crippen molar-refractivity contribution in [1.82, 2.24) is 5.32 Å². The molecule has 0 aliphatic carbocycles. The summed E-state index contributed by atoms with van der Waals surface area (Å²) in [5.74, 6) is -0.671. The first-order chi connectivity index (χ1) is 12.6. The summed E-state index contributed by atoms with van der Waals surface area (Å²) in [5.41, 5.74) is -0.614. The van der Waals surface area contributed by atoms with Crippen LogP contribution in [0.5, 0.6) is 0 Å². The van der Waals surface area contributed by atoms with Crippen LogP contribution in [0.15, 0.2) is 36.4 Å². The second-order valence-electron chi connectivity index (χ2n) is 5.35. The van der Waals surface area contributed by atoms with Gasteiger partial charge in [-0.05, 0) is 23.8 Å². The second-order valence-corrected chi connectivity index (χ2v) is 7.13. The van der Waals surface area contributed by atoms with Crippen molar-refractivity contribution in [1.29, 1.82) is 0 Å². The highest BCUT2D eigenvalue weighted by Crippen LogP contribution is 2.34. The van der Waals surface area contributed by atoms with Crippen LogP contribution in [0, 0.1) is 26.3 Å². The monoisotopic (exact) mass is 394 g/mol. The molecule has 0 heterocycles. The molecule has 2 aromatic rings. The molecule has 12 heteroatoms. The third kappa shape index (κ3) is 5.42. The van der Waals surface area contributed by atoms with E-state index in [1.165, 1.54) is 24.3 Å². The van der Waals surface area contributed by atoms with E-state index in [1.807, 2.05) is 0 Å². The fourth-order valence-electron chi connectivity index (χ4n) is 2.20. The quantitative estimate of drug-likeness (QED) is 0.362. The van der Waals surface area contributed by atoms with E-state index >= 15 is 0 Å². The Balaban J connectivity index is 2.32. The number of amides is 1. The first-order valence-corrected chi connectivity index (χ1v) is 9.16. The molecule has 0 atom stereocenters. The minimum atomic E-state index is -4.26. The van der Waals surface area contributed by atoms with Crippen LogP contribution in [0.4, 0.5) is 11.4 Å². The molecule has 0 saturated carbocycles. The lowest BCUT2D eigenvalue weighted by Gasteiger charge is -2.08. The van der Waals surface area contributed by atoms with Gasteiger partial charge in [-0.15, -0.1) is 0 Å². The molecule has 0 unspecified atom stereocenters. The number of benzene rings is 2. The topological polar surface area (TPSA) is 173 Å². The lowest BCUT2D eigenvalue weighted by Crippen LogP contribution is -2.26. The first-order valence-electron chi connectivity index (χ1n) is 7.36. The molecular formula is C15H13N3O8P. The maximum absolute atomic E-state index is 12.1. The highest BCUT2D eigenvalue weighted by molar-refractivity contribution is 7.51. The molecule has 1 amide bonds. The van der Waals surface area contributed by atoms with Gasteiger partial charge in [0.2, 0.25) is 0 Å². The summed E-state index contributed by atoms with van der Waals surface area (Å²) in [6.45, 7) is -0.265. The van der Waals surface area contributed by atoms with Crippen molar-refractivity contribution in [2.24, 2.45) is 0 Å². The number of nitro benzene ring substituents is 2. The van der Waals surface area contributed by atoms with Crippen LogP contribution in [0.1, 0.15) is 10.4 Å². The Labute approximate surface area is 152 Å². The molecule has 3 N–H and O–H groups in total. The Hall–Kier alpha value is -3.14. The summed E-state index contributed by atoms with van der Waals surface area (Å²) >= 11 is 0. The maximum atomic E-state index is 12.1. The predicted molar refractivity (Wildman–Crippen MR) is 93.3 cm³/mol. The Morgan fingerprint density at radius 3 is 2.44 bits per heavy atom. The van der Waals surface area contributed by atoms with Crippen LogP contribution in [-0.2, 0) is 4.57 Å². The molecule has 0 spiro atoms. The molecule has 0 aromatic heterocycles. The summed E-state index contributed by atoms with van der Waals surface area (Å²) < 4.78 is 10.8. The number of hydrogen-bond donors (Lipinski definition) is 3. The third-order valence-electron chi connectivity index (χ3n) is 3.43. The lowest BCUT2D eigenvalue weighted by molar-refractivity contribution is -0.393. The fourth-order valence-corrected chi connectivity index (χ4v) is 2.61. The molecule has 1 radical (unpaired) electrons. The molecule has 2 aromatic carbocycles. The third-order valence-corrected chi connectivity index (χ3v) is 4.24. The molecule has 0 saturated heterocycles. The first kappa shape index (κ1) is 20.2. The Bertz CT molecular complexity index is 956. The molecule has 11 nitrogen and oxygen atoms in total. The lowest BCUT2D eigenvalue weighted by atomic mass is 10.0. The molecular weight excluding hydrogens is 381 g/mol. The van der Waals surface area contributed by atoms with Crippen LogP contribution in [0.25, 0.3) is 11.1 Å². The van der Waals surface area contributed by atoms with Crippen LogP contribution < -0.4 is 5.32 Å². The minimum Gasteiger partial charge on any atom is -0.351 e. The van der Waals surface area contributed by atoms with Gasteiger partial charge in [-0.25, -0.2) is 0 Å². The zero-order valence-electron chi connectivity index (χ0n) is 13.6. The van der Waals surface area contributed by atoms with Gasteiger partial charge in [-0.3, -0.25) is 29.6 Å². The van der Waals surface area contributed by atoms with Gasteiger partial charge in [0.1, 0.15) is 0 Å². The standard InChI is InChI=1S/C15H13N3O8P/c19-15(16-6-7-27(24,25)26)11-3-1-2-10(8-11)13-5-4-12(17(20)21)9-14(13)18(22)23/h1-2,4-5,8-9H,6-7H2,(H,16,19)(H2,24,25,26). The maximum Gasteiger partial charge on any atom is 0.327 e. The SMILES string of the molecule is O=C(NCCP(=O)(O)O)c1[c]ccc(-c2ccc([N+](=O)[O-])cc2[N+](=O)[O-])c1. The number of nitro groups is 2. The van der Waals surface area contributed by atoms with E-state index in [0.717, 1.165) is 12.1 Å². The summed E-state index contributed by atoms with van der Waals surface area (Å²) in [7, 11) is -4.26. The molecule has 0 bridgehead atoms. The average Bonchev–Trinajstić information content (AvgIpc) is 2.60. The van der Waals surface area contributed by atoms with Gasteiger partial charge in [-0.2, -0.15) is 0 Å². The van der Waals surface area contributed by atoms with E-state index in [0.29, 0.717) is 0 Å².